The first-order valence-corrected chi connectivity index (χ1v) is 12.7. The van der Waals surface area contributed by atoms with E-state index < -0.39 is 0 Å². The van der Waals surface area contributed by atoms with Gasteiger partial charge in [-0.2, -0.15) is 0 Å². The number of benzene rings is 2. The molecule has 0 unspecified atom stereocenters. The normalized spacial score (nSPS) is 27.4. The van der Waals surface area contributed by atoms with Crippen LogP contribution in [0.15, 0.2) is 54.6 Å². The second-order valence-corrected chi connectivity index (χ2v) is 10.6. The fourth-order valence-corrected chi connectivity index (χ4v) is 6.99. The van der Waals surface area contributed by atoms with Crippen molar-refractivity contribution in [3.63, 3.8) is 0 Å². The number of aliphatic hydroxyl groups excluding tert-OH is 1. The summed E-state index contributed by atoms with van der Waals surface area (Å²) in [5.74, 6) is 0.648. The lowest BCUT2D eigenvalue weighted by Crippen LogP contribution is -2.61. The van der Waals surface area contributed by atoms with Gasteiger partial charge in [0.15, 0.2) is 0 Å². The SMILES string of the molecule is N[C@H]1CCC[C@@H]1[C@](CN1CC(O)C1)(c1cccc(F)c1)C1CCN(Cc2ccccc2)CC1. The molecule has 5 heteroatoms. The summed E-state index contributed by atoms with van der Waals surface area (Å²) in [5, 5.41) is 10.00. The number of hydrogen-bond acceptors (Lipinski definition) is 4. The Morgan fingerprint density at radius 3 is 2.33 bits per heavy atom. The largest absolute Gasteiger partial charge is 0.390 e. The summed E-state index contributed by atoms with van der Waals surface area (Å²) in [6, 6.07) is 18.2. The second kappa shape index (κ2) is 9.83. The maximum absolute atomic E-state index is 14.6. The van der Waals surface area contributed by atoms with E-state index in [-0.39, 0.29) is 23.4 Å². The highest BCUT2D eigenvalue weighted by molar-refractivity contribution is 5.31. The molecular weight excluding hydrogens is 413 g/mol. The van der Waals surface area contributed by atoms with Crippen LogP contribution in [0.2, 0.25) is 0 Å². The first-order valence-electron chi connectivity index (χ1n) is 12.7. The minimum Gasteiger partial charge on any atom is -0.390 e. The molecular formula is C28H38FN3O. The van der Waals surface area contributed by atoms with E-state index in [1.54, 1.807) is 12.1 Å². The van der Waals surface area contributed by atoms with Crippen LogP contribution in [0.3, 0.4) is 0 Å². The molecule has 0 spiro atoms. The number of aliphatic hydroxyl groups is 1. The van der Waals surface area contributed by atoms with Crippen molar-refractivity contribution in [2.45, 2.75) is 56.2 Å². The Balaban J connectivity index is 1.44. The van der Waals surface area contributed by atoms with Gasteiger partial charge in [0.05, 0.1) is 6.10 Å². The summed E-state index contributed by atoms with van der Waals surface area (Å²) < 4.78 is 14.6. The number of likely N-dealkylation sites (tertiary alicyclic amines) is 2. The van der Waals surface area contributed by atoms with Crippen molar-refractivity contribution in [2.24, 2.45) is 17.6 Å². The lowest BCUT2D eigenvalue weighted by molar-refractivity contribution is -0.0375. The van der Waals surface area contributed by atoms with E-state index >= 15 is 0 Å². The van der Waals surface area contributed by atoms with Crippen molar-refractivity contribution in [3.05, 3.63) is 71.5 Å². The number of nitrogens with two attached hydrogens (primary N) is 1. The third-order valence-electron chi connectivity index (χ3n) is 8.58. The molecule has 3 aliphatic rings. The molecule has 2 aliphatic heterocycles. The Morgan fingerprint density at radius 1 is 0.939 bits per heavy atom. The molecule has 178 valence electrons. The highest BCUT2D eigenvalue weighted by atomic mass is 19.1. The van der Waals surface area contributed by atoms with E-state index in [0.717, 1.165) is 63.8 Å². The smallest absolute Gasteiger partial charge is 0.123 e. The topological polar surface area (TPSA) is 52.7 Å². The quantitative estimate of drug-likeness (QED) is 0.673. The monoisotopic (exact) mass is 451 g/mol. The summed E-state index contributed by atoms with van der Waals surface area (Å²) in [7, 11) is 0. The van der Waals surface area contributed by atoms with E-state index in [2.05, 4.69) is 46.2 Å². The van der Waals surface area contributed by atoms with Gasteiger partial charge in [-0.25, -0.2) is 4.39 Å². The Kier molecular flexibility index (Phi) is 6.84. The van der Waals surface area contributed by atoms with Crippen LogP contribution >= 0.6 is 0 Å². The van der Waals surface area contributed by atoms with E-state index in [0.29, 0.717) is 24.9 Å². The van der Waals surface area contributed by atoms with Crippen LogP contribution in [-0.2, 0) is 12.0 Å². The van der Waals surface area contributed by atoms with Crippen LogP contribution in [0.5, 0.6) is 0 Å². The highest BCUT2D eigenvalue weighted by Crippen LogP contribution is 2.51. The minimum absolute atomic E-state index is 0.154. The maximum Gasteiger partial charge on any atom is 0.123 e. The second-order valence-electron chi connectivity index (χ2n) is 10.6. The van der Waals surface area contributed by atoms with Crippen LogP contribution in [0.1, 0.15) is 43.2 Å². The number of rotatable bonds is 7. The summed E-state index contributed by atoms with van der Waals surface area (Å²) in [6.45, 7) is 5.40. The summed E-state index contributed by atoms with van der Waals surface area (Å²) in [4.78, 5) is 4.93. The lowest BCUT2D eigenvalue weighted by atomic mass is 9.58. The molecule has 2 heterocycles. The van der Waals surface area contributed by atoms with Gasteiger partial charge in [-0.05, 0) is 73.9 Å². The van der Waals surface area contributed by atoms with Crippen molar-refractivity contribution in [2.75, 3.05) is 32.7 Å². The third kappa shape index (κ3) is 4.74. The molecule has 5 rings (SSSR count). The average molecular weight is 452 g/mol. The predicted octanol–water partition coefficient (Wildman–Crippen LogP) is 3.78. The molecule has 3 atom stereocenters. The molecule has 2 saturated heterocycles. The van der Waals surface area contributed by atoms with Gasteiger partial charge in [0.1, 0.15) is 5.82 Å². The van der Waals surface area contributed by atoms with Gasteiger partial charge < -0.3 is 10.8 Å². The van der Waals surface area contributed by atoms with Crippen LogP contribution in [0.4, 0.5) is 4.39 Å². The number of halogens is 1. The number of β-amino-alcohol motifs (C(OH)–C–C–N with tert-alkyl or cyclic N) is 1. The molecule has 1 saturated carbocycles. The molecule has 0 aromatic heterocycles. The van der Waals surface area contributed by atoms with Gasteiger partial charge in [0, 0.05) is 37.6 Å². The van der Waals surface area contributed by atoms with Crippen molar-refractivity contribution in [3.8, 4) is 0 Å². The molecule has 33 heavy (non-hydrogen) atoms. The Bertz CT molecular complexity index is 910. The van der Waals surface area contributed by atoms with Crippen LogP contribution in [0.25, 0.3) is 0 Å². The Hall–Kier alpha value is -1.79. The van der Waals surface area contributed by atoms with E-state index in [9.17, 15) is 9.50 Å². The van der Waals surface area contributed by atoms with Crippen molar-refractivity contribution in [1.82, 2.24) is 9.80 Å². The van der Waals surface area contributed by atoms with E-state index in [4.69, 9.17) is 5.73 Å². The Morgan fingerprint density at radius 2 is 1.70 bits per heavy atom. The highest BCUT2D eigenvalue weighted by Gasteiger charge is 2.52. The number of piperidine rings is 1. The predicted molar refractivity (Wildman–Crippen MR) is 130 cm³/mol. The fourth-order valence-electron chi connectivity index (χ4n) is 6.99. The fraction of sp³-hybridized carbons (Fsp3) is 0.571. The minimum atomic E-state index is -0.236. The standard InChI is InChI=1S/C28H38FN3O/c29-24-9-4-8-23(16-24)28(20-32-18-25(33)19-32,26-10-5-11-27(26)30)22-12-14-31(15-13-22)17-21-6-2-1-3-7-21/h1-4,6-9,16,22,25-27,33H,5,10-15,17-20,30H2/t26-,27-,28-/m0/s1. The van der Waals surface area contributed by atoms with Crippen LogP contribution < -0.4 is 5.73 Å². The lowest BCUT2D eigenvalue weighted by Gasteiger charge is -2.54. The van der Waals surface area contributed by atoms with Crippen molar-refractivity contribution in [1.29, 1.82) is 0 Å². The Labute approximate surface area is 197 Å². The molecule has 0 radical (unpaired) electrons. The molecule has 4 nitrogen and oxygen atoms in total. The summed E-state index contributed by atoms with van der Waals surface area (Å²) in [6.07, 6.45) is 5.28. The van der Waals surface area contributed by atoms with Crippen LogP contribution in [0, 0.1) is 17.7 Å². The van der Waals surface area contributed by atoms with Gasteiger partial charge >= 0.3 is 0 Å². The van der Waals surface area contributed by atoms with E-state index in [1.165, 1.54) is 5.56 Å². The zero-order chi connectivity index (χ0) is 22.8. The molecule has 1 aliphatic carbocycles. The number of nitrogens with zero attached hydrogens (tertiary/aromatic N) is 2. The molecule has 2 aromatic rings. The third-order valence-corrected chi connectivity index (χ3v) is 8.58. The summed E-state index contributed by atoms with van der Waals surface area (Å²) in [5.41, 5.74) is 9.08. The van der Waals surface area contributed by atoms with Crippen molar-refractivity contribution < 1.29 is 9.50 Å². The molecule has 3 fully saturated rings. The molecule has 0 bridgehead atoms. The first kappa shape index (κ1) is 23.0. The zero-order valence-electron chi connectivity index (χ0n) is 19.6. The van der Waals surface area contributed by atoms with Gasteiger partial charge in [-0.15, -0.1) is 0 Å². The van der Waals surface area contributed by atoms with Crippen LogP contribution in [-0.4, -0.2) is 59.8 Å². The average Bonchev–Trinajstić information content (AvgIpc) is 3.23. The van der Waals surface area contributed by atoms with Gasteiger partial charge in [0.25, 0.3) is 0 Å². The maximum atomic E-state index is 14.6. The van der Waals surface area contributed by atoms with Gasteiger partial charge in [-0.3, -0.25) is 9.80 Å². The molecule has 3 N–H and O–H groups in total. The molecule has 0 amide bonds. The summed E-state index contributed by atoms with van der Waals surface area (Å²) >= 11 is 0. The zero-order valence-corrected chi connectivity index (χ0v) is 19.6. The van der Waals surface area contributed by atoms with E-state index in [1.807, 2.05) is 6.07 Å². The number of hydrogen-bond donors (Lipinski definition) is 2. The first-order chi connectivity index (χ1) is 16.0. The van der Waals surface area contributed by atoms with Crippen molar-refractivity contribution >= 4 is 0 Å². The molecule has 2 aromatic carbocycles. The van der Waals surface area contributed by atoms with Gasteiger partial charge in [0.2, 0.25) is 0 Å². The van der Waals surface area contributed by atoms with Gasteiger partial charge in [-0.1, -0.05) is 48.9 Å².